The summed E-state index contributed by atoms with van der Waals surface area (Å²) in [5.74, 6) is 1.48. The number of rotatable bonds is 4. The van der Waals surface area contributed by atoms with E-state index in [1.54, 1.807) is 14.2 Å². The molecule has 1 atom stereocenters. The van der Waals surface area contributed by atoms with Gasteiger partial charge in [0.2, 0.25) is 0 Å². The van der Waals surface area contributed by atoms with Crippen molar-refractivity contribution in [2.45, 2.75) is 13.0 Å². The molecule has 4 heteroatoms. The molecule has 0 aliphatic rings. The van der Waals surface area contributed by atoms with Gasteiger partial charge in [0.15, 0.2) is 0 Å². The average Bonchev–Trinajstić information content (AvgIpc) is 2.46. The molecule has 0 saturated carbocycles. The van der Waals surface area contributed by atoms with Crippen LogP contribution in [0.15, 0.2) is 36.4 Å². The molecule has 2 rings (SSSR count). The van der Waals surface area contributed by atoms with Gasteiger partial charge in [0.1, 0.15) is 11.5 Å². The zero-order chi connectivity index (χ0) is 14.7. The van der Waals surface area contributed by atoms with Crippen LogP contribution >= 0.6 is 11.6 Å². The minimum atomic E-state index is -0.0867. The van der Waals surface area contributed by atoms with E-state index in [0.29, 0.717) is 5.02 Å². The van der Waals surface area contributed by atoms with E-state index in [1.807, 2.05) is 43.3 Å². The highest BCUT2D eigenvalue weighted by atomic mass is 35.5. The molecule has 0 fully saturated rings. The summed E-state index contributed by atoms with van der Waals surface area (Å²) in [5.41, 5.74) is 8.79. The van der Waals surface area contributed by atoms with Crippen molar-refractivity contribution in [3.8, 4) is 22.6 Å². The number of halogens is 1. The van der Waals surface area contributed by atoms with E-state index in [1.165, 1.54) is 0 Å². The van der Waals surface area contributed by atoms with Gasteiger partial charge in [-0.05, 0) is 41.8 Å². The monoisotopic (exact) mass is 291 g/mol. The van der Waals surface area contributed by atoms with Crippen LogP contribution in [0.2, 0.25) is 5.02 Å². The van der Waals surface area contributed by atoms with E-state index in [-0.39, 0.29) is 6.04 Å². The van der Waals surface area contributed by atoms with Gasteiger partial charge in [-0.15, -0.1) is 0 Å². The zero-order valence-electron chi connectivity index (χ0n) is 11.8. The summed E-state index contributed by atoms with van der Waals surface area (Å²) in [7, 11) is 3.26. The molecule has 0 aliphatic carbocycles. The molecule has 0 heterocycles. The lowest BCUT2D eigenvalue weighted by Gasteiger charge is -2.12. The fourth-order valence-electron chi connectivity index (χ4n) is 2.05. The van der Waals surface area contributed by atoms with Gasteiger partial charge in [-0.3, -0.25) is 0 Å². The molecule has 0 amide bonds. The number of hydrogen-bond acceptors (Lipinski definition) is 3. The van der Waals surface area contributed by atoms with E-state index >= 15 is 0 Å². The Kier molecular flexibility index (Phi) is 4.53. The Morgan fingerprint density at radius 2 is 1.55 bits per heavy atom. The Morgan fingerprint density at radius 3 is 2.00 bits per heavy atom. The van der Waals surface area contributed by atoms with Crippen LogP contribution in [0.3, 0.4) is 0 Å². The topological polar surface area (TPSA) is 44.5 Å². The zero-order valence-corrected chi connectivity index (χ0v) is 12.6. The third kappa shape index (κ3) is 3.06. The first kappa shape index (κ1) is 14.7. The molecule has 0 aliphatic heterocycles. The van der Waals surface area contributed by atoms with E-state index in [9.17, 15) is 0 Å². The second kappa shape index (κ2) is 6.16. The number of ether oxygens (including phenoxy) is 2. The molecule has 0 spiro atoms. The molecular weight excluding hydrogens is 274 g/mol. The van der Waals surface area contributed by atoms with Crippen molar-refractivity contribution in [1.82, 2.24) is 0 Å². The maximum Gasteiger partial charge on any atom is 0.123 e. The molecule has 0 radical (unpaired) electrons. The van der Waals surface area contributed by atoms with Crippen molar-refractivity contribution in [2.24, 2.45) is 5.73 Å². The van der Waals surface area contributed by atoms with Gasteiger partial charge in [0.05, 0.1) is 14.2 Å². The van der Waals surface area contributed by atoms with Crippen LogP contribution < -0.4 is 15.2 Å². The van der Waals surface area contributed by atoms with Crippen LogP contribution in [0.5, 0.6) is 11.5 Å². The lowest BCUT2D eigenvalue weighted by Crippen LogP contribution is -2.05. The third-order valence-corrected chi connectivity index (χ3v) is 3.50. The molecule has 2 N–H and O–H groups in total. The fourth-order valence-corrected chi connectivity index (χ4v) is 2.40. The van der Waals surface area contributed by atoms with Gasteiger partial charge in [0, 0.05) is 17.1 Å². The summed E-state index contributed by atoms with van der Waals surface area (Å²) in [5, 5.41) is 0.666. The molecule has 20 heavy (non-hydrogen) atoms. The molecule has 0 aromatic heterocycles. The number of methoxy groups -OCH3 is 2. The predicted octanol–water partition coefficient (Wildman–Crippen LogP) is 4.04. The predicted molar refractivity (Wildman–Crippen MR) is 82.6 cm³/mol. The van der Waals surface area contributed by atoms with Crippen molar-refractivity contribution < 1.29 is 9.47 Å². The van der Waals surface area contributed by atoms with Crippen LogP contribution in [-0.2, 0) is 0 Å². The summed E-state index contributed by atoms with van der Waals surface area (Å²) in [6.45, 7) is 1.91. The first-order chi connectivity index (χ1) is 9.55. The fraction of sp³-hybridized carbons (Fsp3) is 0.250. The Bertz CT molecular complexity index is 589. The quantitative estimate of drug-likeness (QED) is 0.924. The smallest absolute Gasteiger partial charge is 0.123 e. The first-order valence-corrected chi connectivity index (χ1v) is 6.71. The van der Waals surface area contributed by atoms with Crippen LogP contribution in [0.4, 0.5) is 0 Å². The Hall–Kier alpha value is -1.71. The molecule has 3 nitrogen and oxygen atoms in total. The van der Waals surface area contributed by atoms with Crippen molar-refractivity contribution in [3.05, 3.63) is 47.0 Å². The third-order valence-electron chi connectivity index (χ3n) is 3.18. The number of nitrogens with two attached hydrogens (primary N) is 1. The summed E-state index contributed by atoms with van der Waals surface area (Å²) in [6.07, 6.45) is 0. The highest BCUT2D eigenvalue weighted by Crippen LogP contribution is 2.33. The maximum atomic E-state index is 6.28. The van der Waals surface area contributed by atoms with E-state index < -0.39 is 0 Å². The van der Waals surface area contributed by atoms with Crippen LogP contribution in [-0.4, -0.2) is 14.2 Å². The van der Waals surface area contributed by atoms with E-state index in [4.69, 9.17) is 26.8 Å². The number of hydrogen-bond donors (Lipinski definition) is 1. The van der Waals surface area contributed by atoms with Crippen molar-refractivity contribution >= 4 is 11.6 Å². The second-order valence-electron chi connectivity index (χ2n) is 4.63. The van der Waals surface area contributed by atoms with Crippen molar-refractivity contribution in [1.29, 1.82) is 0 Å². The van der Waals surface area contributed by atoms with Crippen LogP contribution in [0.1, 0.15) is 18.5 Å². The second-order valence-corrected chi connectivity index (χ2v) is 5.03. The van der Waals surface area contributed by atoms with Crippen LogP contribution in [0, 0.1) is 0 Å². The average molecular weight is 292 g/mol. The molecule has 0 saturated heterocycles. The molecule has 0 bridgehead atoms. The van der Waals surface area contributed by atoms with Gasteiger partial charge in [0.25, 0.3) is 0 Å². The highest BCUT2D eigenvalue weighted by molar-refractivity contribution is 6.31. The number of benzene rings is 2. The van der Waals surface area contributed by atoms with Crippen molar-refractivity contribution in [3.63, 3.8) is 0 Å². The minimum Gasteiger partial charge on any atom is -0.497 e. The normalized spacial score (nSPS) is 12.1. The van der Waals surface area contributed by atoms with Gasteiger partial charge < -0.3 is 15.2 Å². The van der Waals surface area contributed by atoms with Gasteiger partial charge >= 0.3 is 0 Å². The molecular formula is C16H18ClNO2. The standard InChI is InChI=1S/C16H18ClNO2/c1-10(18)15-5-4-11(8-16(15)17)12-6-13(19-2)9-14(7-12)20-3/h4-10H,18H2,1-3H3. The summed E-state index contributed by atoms with van der Waals surface area (Å²) < 4.78 is 10.6. The Labute approximate surface area is 124 Å². The van der Waals surface area contributed by atoms with Gasteiger partial charge in [-0.25, -0.2) is 0 Å². The van der Waals surface area contributed by atoms with E-state index in [2.05, 4.69) is 0 Å². The van der Waals surface area contributed by atoms with Crippen molar-refractivity contribution in [2.75, 3.05) is 14.2 Å². The SMILES string of the molecule is COc1cc(OC)cc(-c2ccc(C(C)N)c(Cl)c2)c1. The molecule has 2 aromatic rings. The van der Waals surface area contributed by atoms with E-state index in [0.717, 1.165) is 28.2 Å². The Balaban J connectivity index is 2.48. The first-order valence-electron chi connectivity index (χ1n) is 6.33. The lowest BCUT2D eigenvalue weighted by atomic mass is 10.0. The summed E-state index contributed by atoms with van der Waals surface area (Å²) >= 11 is 6.28. The molecule has 1 unspecified atom stereocenters. The molecule has 106 valence electrons. The maximum absolute atomic E-state index is 6.28. The van der Waals surface area contributed by atoms with Gasteiger partial charge in [-0.2, -0.15) is 0 Å². The molecule has 2 aromatic carbocycles. The van der Waals surface area contributed by atoms with Gasteiger partial charge in [-0.1, -0.05) is 23.7 Å². The summed E-state index contributed by atoms with van der Waals surface area (Å²) in [4.78, 5) is 0. The Morgan fingerprint density at radius 1 is 0.950 bits per heavy atom. The lowest BCUT2D eigenvalue weighted by molar-refractivity contribution is 0.394. The largest absolute Gasteiger partial charge is 0.497 e. The van der Waals surface area contributed by atoms with Crippen LogP contribution in [0.25, 0.3) is 11.1 Å². The minimum absolute atomic E-state index is 0.0867. The summed E-state index contributed by atoms with van der Waals surface area (Å²) in [6, 6.07) is 11.5. The highest BCUT2D eigenvalue weighted by Gasteiger charge is 2.09.